The number of nitrogens with zero attached hydrogens (tertiary/aromatic N) is 3. The SMILES string of the molecule is C=CCc1c(C)nc(CN(C)C)nc1C. The van der Waals surface area contributed by atoms with Gasteiger partial charge in [0.2, 0.25) is 0 Å². The lowest BCUT2D eigenvalue weighted by atomic mass is 10.1. The van der Waals surface area contributed by atoms with Crippen molar-refractivity contribution in [2.75, 3.05) is 14.1 Å². The molecule has 1 aromatic heterocycles. The molecule has 0 aliphatic carbocycles. The average Bonchev–Trinajstić information content (AvgIpc) is 2.10. The molecule has 0 saturated heterocycles. The molecule has 1 aromatic rings. The zero-order chi connectivity index (χ0) is 11.4. The van der Waals surface area contributed by atoms with Crippen molar-refractivity contribution in [1.29, 1.82) is 0 Å². The molecule has 0 saturated carbocycles. The standard InChI is InChI=1S/C12H19N3/c1-6-7-11-9(2)13-12(8-15(4)5)14-10(11)3/h6H,1,7-8H2,2-5H3. The smallest absolute Gasteiger partial charge is 0.142 e. The monoisotopic (exact) mass is 205 g/mol. The van der Waals surface area contributed by atoms with E-state index in [0.717, 1.165) is 30.2 Å². The van der Waals surface area contributed by atoms with Crippen molar-refractivity contribution in [2.24, 2.45) is 0 Å². The highest BCUT2D eigenvalue weighted by atomic mass is 15.1. The van der Waals surface area contributed by atoms with E-state index in [-0.39, 0.29) is 0 Å². The second-order valence-electron chi connectivity index (χ2n) is 4.02. The maximum atomic E-state index is 4.49. The van der Waals surface area contributed by atoms with E-state index in [9.17, 15) is 0 Å². The van der Waals surface area contributed by atoms with Gasteiger partial charge >= 0.3 is 0 Å². The minimum atomic E-state index is 0.788. The Balaban J connectivity index is 3.02. The molecule has 0 radical (unpaired) electrons. The fraction of sp³-hybridized carbons (Fsp3) is 0.500. The third-order valence-electron chi connectivity index (χ3n) is 2.27. The third-order valence-corrected chi connectivity index (χ3v) is 2.27. The van der Waals surface area contributed by atoms with E-state index in [1.165, 1.54) is 5.56 Å². The Hall–Kier alpha value is -1.22. The molecular formula is C12H19N3. The van der Waals surface area contributed by atoms with Gasteiger partial charge in [0.15, 0.2) is 0 Å². The first kappa shape index (κ1) is 11.9. The molecular weight excluding hydrogens is 186 g/mol. The Labute approximate surface area is 91.9 Å². The molecule has 0 unspecified atom stereocenters. The van der Waals surface area contributed by atoms with E-state index in [4.69, 9.17) is 0 Å². The minimum absolute atomic E-state index is 0.788. The van der Waals surface area contributed by atoms with Gasteiger partial charge in [-0.3, -0.25) is 0 Å². The van der Waals surface area contributed by atoms with E-state index in [1.54, 1.807) is 0 Å². The zero-order valence-corrected chi connectivity index (χ0v) is 10.0. The van der Waals surface area contributed by atoms with Crippen LogP contribution in [0.3, 0.4) is 0 Å². The number of aromatic nitrogens is 2. The Morgan fingerprint density at radius 3 is 2.13 bits per heavy atom. The largest absolute Gasteiger partial charge is 0.302 e. The number of hydrogen-bond donors (Lipinski definition) is 0. The van der Waals surface area contributed by atoms with Gasteiger partial charge in [-0.05, 0) is 39.9 Å². The molecule has 0 aliphatic heterocycles. The molecule has 0 spiro atoms. The summed E-state index contributed by atoms with van der Waals surface area (Å²) in [7, 11) is 4.04. The number of rotatable bonds is 4. The summed E-state index contributed by atoms with van der Waals surface area (Å²) in [5.74, 6) is 0.891. The third kappa shape index (κ3) is 3.13. The summed E-state index contributed by atoms with van der Waals surface area (Å²) in [6.45, 7) is 8.60. The molecule has 0 N–H and O–H groups in total. The van der Waals surface area contributed by atoms with Gasteiger partial charge in [-0.2, -0.15) is 0 Å². The van der Waals surface area contributed by atoms with Crippen LogP contribution < -0.4 is 0 Å². The molecule has 1 rings (SSSR count). The lowest BCUT2D eigenvalue weighted by molar-refractivity contribution is 0.389. The first-order valence-corrected chi connectivity index (χ1v) is 5.13. The Bertz CT molecular complexity index is 333. The van der Waals surface area contributed by atoms with Crippen LogP contribution in [0.2, 0.25) is 0 Å². The van der Waals surface area contributed by atoms with Crippen molar-refractivity contribution in [3.8, 4) is 0 Å². The van der Waals surface area contributed by atoms with Gasteiger partial charge in [0.1, 0.15) is 5.82 Å². The lowest BCUT2D eigenvalue weighted by Crippen LogP contribution is -2.15. The molecule has 0 fully saturated rings. The van der Waals surface area contributed by atoms with Crippen LogP contribution in [0.25, 0.3) is 0 Å². The van der Waals surface area contributed by atoms with Gasteiger partial charge in [-0.1, -0.05) is 6.08 Å². The average molecular weight is 205 g/mol. The first-order chi connectivity index (χ1) is 7.04. The minimum Gasteiger partial charge on any atom is -0.302 e. The van der Waals surface area contributed by atoms with Gasteiger partial charge in [-0.25, -0.2) is 9.97 Å². The summed E-state index contributed by atoms with van der Waals surface area (Å²) in [6.07, 6.45) is 2.74. The molecule has 0 atom stereocenters. The van der Waals surface area contributed by atoms with Crippen molar-refractivity contribution in [3.05, 3.63) is 35.4 Å². The number of aryl methyl sites for hydroxylation is 2. The summed E-state index contributed by atoms with van der Waals surface area (Å²) in [6, 6.07) is 0. The Morgan fingerprint density at radius 2 is 1.73 bits per heavy atom. The molecule has 0 aliphatic rings. The van der Waals surface area contributed by atoms with Crippen LogP contribution >= 0.6 is 0 Å². The second kappa shape index (κ2) is 5.03. The van der Waals surface area contributed by atoms with Crippen LogP contribution in [0.4, 0.5) is 0 Å². The summed E-state index contributed by atoms with van der Waals surface area (Å²) < 4.78 is 0. The highest BCUT2D eigenvalue weighted by Gasteiger charge is 2.07. The van der Waals surface area contributed by atoms with Gasteiger partial charge in [0.05, 0.1) is 6.54 Å². The topological polar surface area (TPSA) is 29.0 Å². The summed E-state index contributed by atoms with van der Waals surface area (Å²) in [5, 5.41) is 0. The normalized spacial score (nSPS) is 10.7. The fourth-order valence-corrected chi connectivity index (χ4v) is 1.60. The van der Waals surface area contributed by atoms with Gasteiger partial charge in [0, 0.05) is 11.4 Å². The first-order valence-electron chi connectivity index (χ1n) is 5.13. The van der Waals surface area contributed by atoms with Crippen LogP contribution in [-0.2, 0) is 13.0 Å². The maximum Gasteiger partial charge on any atom is 0.142 e. The van der Waals surface area contributed by atoms with Crippen LogP contribution in [0.1, 0.15) is 22.8 Å². The fourth-order valence-electron chi connectivity index (χ4n) is 1.60. The van der Waals surface area contributed by atoms with Gasteiger partial charge in [-0.15, -0.1) is 6.58 Å². The summed E-state index contributed by atoms with van der Waals surface area (Å²) in [5.41, 5.74) is 3.34. The molecule has 1 heterocycles. The number of allylic oxidation sites excluding steroid dienone is 1. The van der Waals surface area contributed by atoms with E-state index in [0.29, 0.717) is 0 Å². The lowest BCUT2D eigenvalue weighted by Gasteiger charge is -2.12. The predicted molar refractivity (Wildman–Crippen MR) is 62.8 cm³/mol. The van der Waals surface area contributed by atoms with Crippen LogP contribution in [-0.4, -0.2) is 29.0 Å². The summed E-state index contributed by atoms with van der Waals surface area (Å²) in [4.78, 5) is 11.1. The van der Waals surface area contributed by atoms with Gasteiger partial charge in [0.25, 0.3) is 0 Å². The molecule has 3 heteroatoms. The predicted octanol–water partition coefficient (Wildman–Crippen LogP) is 1.88. The highest BCUT2D eigenvalue weighted by Crippen LogP contribution is 2.11. The number of hydrogen-bond acceptors (Lipinski definition) is 3. The van der Waals surface area contributed by atoms with Crippen LogP contribution in [0, 0.1) is 13.8 Å². The quantitative estimate of drug-likeness (QED) is 0.703. The van der Waals surface area contributed by atoms with Crippen molar-refractivity contribution in [3.63, 3.8) is 0 Å². The Morgan fingerprint density at radius 1 is 1.20 bits per heavy atom. The van der Waals surface area contributed by atoms with Crippen LogP contribution in [0.15, 0.2) is 12.7 Å². The second-order valence-corrected chi connectivity index (χ2v) is 4.02. The van der Waals surface area contributed by atoms with Gasteiger partial charge < -0.3 is 4.90 Å². The molecule has 82 valence electrons. The van der Waals surface area contributed by atoms with E-state index in [2.05, 4.69) is 21.4 Å². The summed E-state index contributed by atoms with van der Waals surface area (Å²) >= 11 is 0. The van der Waals surface area contributed by atoms with Crippen molar-refractivity contribution in [2.45, 2.75) is 26.8 Å². The van der Waals surface area contributed by atoms with Crippen LogP contribution in [0.5, 0.6) is 0 Å². The van der Waals surface area contributed by atoms with E-state index >= 15 is 0 Å². The molecule has 3 nitrogen and oxygen atoms in total. The van der Waals surface area contributed by atoms with Crippen molar-refractivity contribution >= 4 is 0 Å². The van der Waals surface area contributed by atoms with Crippen molar-refractivity contribution in [1.82, 2.24) is 14.9 Å². The van der Waals surface area contributed by atoms with E-state index in [1.807, 2.05) is 34.0 Å². The Kier molecular flexibility index (Phi) is 3.97. The zero-order valence-electron chi connectivity index (χ0n) is 10.0. The molecule has 0 amide bonds. The van der Waals surface area contributed by atoms with Crippen molar-refractivity contribution < 1.29 is 0 Å². The highest BCUT2D eigenvalue weighted by molar-refractivity contribution is 5.26. The maximum absolute atomic E-state index is 4.49. The molecule has 15 heavy (non-hydrogen) atoms. The van der Waals surface area contributed by atoms with E-state index < -0.39 is 0 Å². The molecule has 0 bridgehead atoms. The molecule has 0 aromatic carbocycles.